The normalized spacial score (nSPS) is 23.6. The van der Waals surface area contributed by atoms with Crippen molar-refractivity contribution in [2.24, 2.45) is 0 Å². The summed E-state index contributed by atoms with van der Waals surface area (Å²) in [7, 11) is 0. The Balaban J connectivity index is 1.83. The Hall–Kier alpha value is -0.740. The molecular weight excluding hydrogens is 263 g/mol. The van der Waals surface area contributed by atoms with Crippen LogP contribution in [0.2, 0.25) is 5.02 Å². The molecule has 1 aromatic carbocycles. The van der Waals surface area contributed by atoms with Crippen LogP contribution in [-0.2, 0) is 4.74 Å². The van der Waals surface area contributed by atoms with E-state index in [2.05, 4.69) is 0 Å². The molecule has 92 valence electrons. The largest absolute Gasteiger partial charge is 0.461 e. The lowest BCUT2D eigenvalue weighted by molar-refractivity contribution is 0.0501. The molecule has 0 N–H and O–H groups in total. The molecule has 0 saturated carbocycles. The summed E-state index contributed by atoms with van der Waals surface area (Å²) in [5.41, 5.74) is 0.467. The molecule has 0 unspecified atom stereocenters. The fourth-order valence-electron chi connectivity index (χ4n) is 1.62. The van der Waals surface area contributed by atoms with Gasteiger partial charge in [-0.2, -0.15) is 11.8 Å². The zero-order valence-electron chi connectivity index (χ0n) is 9.07. The highest BCUT2D eigenvalue weighted by Crippen LogP contribution is 2.29. The van der Waals surface area contributed by atoms with E-state index < -0.39 is 6.17 Å². The Labute approximate surface area is 108 Å². The Morgan fingerprint density at radius 2 is 2.18 bits per heavy atom. The average molecular weight is 275 g/mol. The standard InChI is InChI=1S/C12H12ClFO2S/c13-9-3-1-8(2-4-9)12(15)16-6-11-5-10(14)7-17-11/h1-4,10-11H,5-7H2/t10-,11+/m0/s1. The summed E-state index contributed by atoms with van der Waals surface area (Å²) in [4.78, 5) is 11.6. The van der Waals surface area contributed by atoms with Crippen LogP contribution in [0.15, 0.2) is 24.3 Å². The monoisotopic (exact) mass is 274 g/mol. The Bertz CT molecular complexity index is 396. The number of carbonyl (C=O) groups excluding carboxylic acids is 1. The number of halogens is 2. The first kappa shape index (κ1) is 12.7. The van der Waals surface area contributed by atoms with Crippen LogP contribution >= 0.6 is 23.4 Å². The highest BCUT2D eigenvalue weighted by molar-refractivity contribution is 8.00. The smallest absolute Gasteiger partial charge is 0.338 e. The van der Waals surface area contributed by atoms with Crippen molar-refractivity contribution in [2.45, 2.75) is 17.8 Å². The van der Waals surface area contributed by atoms with E-state index in [1.165, 1.54) is 11.8 Å². The molecule has 2 rings (SSSR count). The van der Waals surface area contributed by atoms with Gasteiger partial charge in [-0.25, -0.2) is 9.18 Å². The van der Waals surface area contributed by atoms with E-state index in [1.807, 2.05) is 0 Å². The number of rotatable bonds is 3. The first-order chi connectivity index (χ1) is 8.15. The second-order valence-corrected chi connectivity index (χ2v) is 5.66. The van der Waals surface area contributed by atoms with Crippen LogP contribution in [0.5, 0.6) is 0 Å². The zero-order chi connectivity index (χ0) is 12.3. The van der Waals surface area contributed by atoms with Crippen molar-refractivity contribution in [2.75, 3.05) is 12.4 Å². The number of ether oxygens (including phenoxy) is 1. The summed E-state index contributed by atoms with van der Waals surface area (Å²) >= 11 is 7.23. The maximum absolute atomic E-state index is 12.9. The lowest BCUT2D eigenvalue weighted by atomic mass is 10.2. The molecule has 1 heterocycles. The molecule has 2 nitrogen and oxygen atoms in total. The van der Waals surface area contributed by atoms with E-state index in [-0.39, 0.29) is 17.8 Å². The van der Waals surface area contributed by atoms with E-state index in [4.69, 9.17) is 16.3 Å². The van der Waals surface area contributed by atoms with Gasteiger partial charge in [0.1, 0.15) is 12.8 Å². The van der Waals surface area contributed by atoms with Crippen LogP contribution in [-0.4, -0.2) is 29.8 Å². The number of esters is 1. The highest BCUT2D eigenvalue weighted by Gasteiger charge is 2.26. The van der Waals surface area contributed by atoms with Crippen molar-refractivity contribution in [3.8, 4) is 0 Å². The fraction of sp³-hybridized carbons (Fsp3) is 0.417. The van der Waals surface area contributed by atoms with Crippen LogP contribution in [0.1, 0.15) is 16.8 Å². The predicted molar refractivity (Wildman–Crippen MR) is 67.5 cm³/mol. The van der Waals surface area contributed by atoms with Crippen LogP contribution < -0.4 is 0 Å². The summed E-state index contributed by atoms with van der Waals surface area (Å²) in [6, 6.07) is 6.51. The second kappa shape index (κ2) is 5.74. The number of alkyl halides is 1. The van der Waals surface area contributed by atoms with Gasteiger partial charge in [-0.1, -0.05) is 11.6 Å². The van der Waals surface area contributed by atoms with Gasteiger partial charge < -0.3 is 4.74 Å². The molecular formula is C12H12ClFO2S. The van der Waals surface area contributed by atoms with Gasteiger partial charge in [0.15, 0.2) is 0 Å². The minimum atomic E-state index is -0.765. The summed E-state index contributed by atoms with van der Waals surface area (Å²) in [6.07, 6.45) is -0.294. The first-order valence-corrected chi connectivity index (χ1v) is 6.76. The average Bonchev–Trinajstić information content (AvgIpc) is 2.73. The minimum absolute atomic E-state index is 0.0845. The van der Waals surface area contributed by atoms with Crippen molar-refractivity contribution >= 4 is 29.3 Å². The Morgan fingerprint density at radius 1 is 1.47 bits per heavy atom. The number of thioether (sulfide) groups is 1. The maximum Gasteiger partial charge on any atom is 0.338 e. The number of hydrogen-bond donors (Lipinski definition) is 0. The van der Waals surface area contributed by atoms with Gasteiger partial charge in [-0.15, -0.1) is 0 Å². The third-order valence-corrected chi connectivity index (χ3v) is 4.12. The Kier molecular flexibility index (Phi) is 4.29. The quantitative estimate of drug-likeness (QED) is 0.791. The van der Waals surface area contributed by atoms with E-state index in [0.717, 1.165) is 0 Å². The highest BCUT2D eigenvalue weighted by atomic mass is 35.5. The molecule has 1 aliphatic rings. The topological polar surface area (TPSA) is 26.3 Å². The van der Waals surface area contributed by atoms with Crippen LogP contribution in [0, 0.1) is 0 Å². The molecule has 1 saturated heterocycles. The molecule has 0 spiro atoms. The van der Waals surface area contributed by atoms with E-state index >= 15 is 0 Å². The van der Waals surface area contributed by atoms with Crippen molar-refractivity contribution in [1.82, 2.24) is 0 Å². The second-order valence-electron chi connectivity index (χ2n) is 3.89. The lowest BCUT2D eigenvalue weighted by Gasteiger charge is -2.09. The molecule has 1 aliphatic heterocycles. The van der Waals surface area contributed by atoms with E-state index in [1.54, 1.807) is 24.3 Å². The molecule has 0 radical (unpaired) electrons. The molecule has 1 fully saturated rings. The van der Waals surface area contributed by atoms with Gasteiger partial charge in [0.2, 0.25) is 0 Å². The molecule has 0 aliphatic carbocycles. The number of carbonyl (C=O) groups is 1. The third kappa shape index (κ3) is 3.61. The van der Waals surface area contributed by atoms with Crippen molar-refractivity contribution in [3.05, 3.63) is 34.9 Å². The SMILES string of the molecule is O=C(OC[C@H]1C[C@H](F)CS1)c1ccc(Cl)cc1. The van der Waals surface area contributed by atoms with Crippen LogP contribution in [0.3, 0.4) is 0 Å². The van der Waals surface area contributed by atoms with Gasteiger partial charge in [0, 0.05) is 16.0 Å². The number of hydrogen-bond acceptors (Lipinski definition) is 3. The van der Waals surface area contributed by atoms with Gasteiger partial charge >= 0.3 is 5.97 Å². The van der Waals surface area contributed by atoms with E-state index in [0.29, 0.717) is 22.8 Å². The van der Waals surface area contributed by atoms with Crippen molar-refractivity contribution in [3.63, 3.8) is 0 Å². The van der Waals surface area contributed by atoms with Crippen LogP contribution in [0.25, 0.3) is 0 Å². The minimum Gasteiger partial charge on any atom is -0.461 e. The first-order valence-electron chi connectivity index (χ1n) is 5.33. The maximum atomic E-state index is 12.9. The van der Waals surface area contributed by atoms with Gasteiger partial charge in [0.25, 0.3) is 0 Å². The molecule has 17 heavy (non-hydrogen) atoms. The molecule has 0 bridgehead atoms. The molecule has 2 atom stereocenters. The predicted octanol–water partition coefficient (Wildman–Crippen LogP) is 3.34. The summed E-state index contributed by atoms with van der Waals surface area (Å²) < 4.78 is 18.0. The molecule has 5 heteroatoms. The van der Waals surface area contributed by atoms with Crippen LogP contribution in [0.4, 0.5) is 4.39 Å². The number of benzene rings is 1. The molecule has 1 aromatic rings. The summed E-state index contributed by atoms with van der Waals surface area (Å²) in [5.74, 6) is 0.118. The summed E-state index contributed by atoms with van der Waals surface area (Å²) in [6.45, 7) is 0.270. The third-order valence-electron chi connectivity index (χ3n) is 2.51. The van der Waals surface area contributed by atoms with E-state index in [9.17, 15) is 9.18 Å². The molecule has 0 amide bonds. The van der Waals surface area contributed by atoms with Gasteiger partial charge in [-0.3, -0.25) is 0 Å². The van der Waals surface area contributed by atoms with Crippen molar-refractivity contribution < 1.29 is 13.9 Å². The molecule has 0 aromatic heterocycles. The van der Waals surface area contributed by atoms with Gasteiger partial charge in [-0.05, 0) is 30.7 Å². The summed E-state index contributed by atoms with van der Waals surface area (Å²) in [5, 5.41) is 0.661. The van der Waals surface area contributed by atoms with Crippen molar-refractivity contribution in [1.29, 1.82) is 0 Å². The zero-order valence-corrected chi connectivity index (χ0v) is 10.6. The fourth-order valence-corrected chi connectivity index (χ4v) is 2.87. The lowest BCUT2D eigenvalue weighted by Crippen LogP contribution is -2.15. The Morgan fingerprint density at radius 3 is 2.76 bits per heavy atom. The van der Waals surface area contributed by atoms with Gasteiger partial charge in [0.05, 0.1) is 5.56 Å².